The summed E-state index contributed by atoms with van der Waals surface area (Å²) in [5.74, 6) is 0. The van der Waals surface area contributed by atoms with Crippen molar-refractivity contribution < 1.29 is 0 Å². The van der Waals surface area contributed by atoms with E-state index in [4.69, 9.17) is 0 Å². The van der Waals surface area contributed by atoms with E-state index < -0.39 is 0 Å². The lowest BCUT2D eigenvalue weighted by molar-refractivity contribution is 0.218. The summed E-state index contributed by atoms with van der Waals surface area (Å²) >= 11 is 0. The Morgan fingerprint density at radius 1 is 1.29 bits per heavy atom. The predicted octanol–water partition coefficient (Wildman–Crippen LogP) is 1.23. The fraction of sp³-hybridized carbons (Fsp3) is 0.500. The van der Waals surface area contributed by atoms with Crippen LogP contribution in [-0.4, -0.2) is 30.1 Å². The maximum absolute atomic E-state index is 3.53. The molecule has 1 N–H and O–H groups in total. The summed E-state index contributed by atoms with van der Waals surface area (Å²) in [7, 11) is 0. The smallest absolute Gasteiger partial charge is 0.0240 e. The van der Waals surface area contributed by atoms with Gasteiger partial charge in [0.25, 0.3) is 0 Å². The quantitative estimate of drug-likeness (QED) is 0.751. The Morgan fingerprint density at radius 3 is 2.79 bits per heavy atom. The number of benzene rings is 1. The second-order valence-corrected chi connectivity index (χ2v) is 4.41. The van der Waals surface area contributed by atoms with Gasteiger partial charge in [0.15, 0.2) is 0 Å². The highest BCUT2D eigenvalue weighted by Gasteiger charge is 2.36. The monoisotopic (exact) mass is 188 g/mol. The van der Waals surface area contributed by atoms with Gasteiger partial charge in [0.2, 0.25) is 0 Å². The zero-order valence-electron chi connectivity index (χ0n) is 8.32. The number of hydrogen-bond acceptors (Lipinski definition) is 2. The van der Waals surface area contributed by atoms with Crippen molar-refractivity contribution >= 4 is 0 Å². The van der Waals surface area contributed by atoms with E-state index in [2.05, 4.69) is 40.5 Å². The molecule has 0 spiro atoms. The van der Waals surface area contributed by atoms with E-state index >= 15 is 0 Å². The Hall–Kier alpha value is -0.860. The lowest BCUT2D eigenvalue weighted by atomic mass is 10.2. The molecule has 0 radical (unpaired) electrons. The highest BCUT2D eigenvalue weighted by molar-refractivity contribution is 5.15. The zero-order chi connectivity index (χ0) is 9.38. The van der Waals surface area contributed by atoms with Crippen LogP contribution < -0.4 is 5.32 Å². The molecule has 2 heterocycles. The van der Waals surface area contributed by atoms with Crippen LogP contribution in [0.5, 0.6) is 0 Å². The first-order valence-corrected chi connectivity index (χ1v) is 5.43. The minimum atomic E-state index is 0.767. The van der Waals surface area contributed by atoms with Crippen molar-refractivity contribution in [3.05, 3.63) is 35.9 Å². The van der Waals surface area contributed by atoms with Crippen molar-refractivity contribution in [2.24, 2.45) is 0 Å². The highest BCUT2D eigenvalue weighted by Crippen LogP contribution is 2.24. The summed E-state index contributed by atoms with van der Waals surface area (Å²) in [6.07, 6.45) is 1.35. The zero-order valence-corrected chi connectivity index (χ0v) is 8.32. The minimum absolute atomic E-state index is 0.767. The summed E-state index contributed by atoms with van der Waals surface area (Å²) in [4.78, 5) is 2.61. The van der Waals surface area contributed by atoms with Crippen LogP contribution in [0.25, 0.3) is 0 Å². The van der Waals surface area contributed by atoms with Crippen molar-refractivity contribution in [1.29, 1.82) is 0 Å². The van der Waals surface area contributed by atoms with E-state index in [0.717, 1.165) is 18.6 Å². The first-order chi connectivity index (χ1) is 6.92. The third kappa shape index (κ3) is 1.45. The van der Waals surface area contributed by atoms with E-state index in [9.17, 15) is 0 Å². The molecule has 3 rings (SSSR count). The van der Waals surface area contributed by atoms with Gasteiger partial charge in [-0.05, 0) is 12.0 Å². The van der Waals surface area contributed by atoms with Crippen molar-refractivity contribution in [3.63, 3.8) is 0 Å². The molecule has 2 fully saturated rings. The summed E-state index contributed by atoms with van der Waals surface area (Å²) in [5.41, 5.74) is 1.44. The van der Waals surface area contributed by atoms with Crippen molar-refractivity contribution in [2.75, 3.05) is 13.1 Å². The second-order valence-electron chi connectivity index (χ2n) is 4.41. The van der Waals surface area contributed by atoms with Crippen LogP contribution in [0.4, 0.5) is 0 Å². The molecule has 2 aliphatic heterocycles. The molecule has 1 aromatic rings. The number of nitrogens with zero attached hydrogens (tertiary/aromatic N) is 1. The van der Waals surface area contributed by atoms with Crippen LogP contribution in [-0.2, 0) is 6.54 Å². The Balaban J connectivity index is 1.69. The maximum atomic E-state index is 3.53. The molecule has 1 aromatic carbocycles. The fourth-order valence-electron chi connectivity index (χ4n) is 2.66. The molecule has 2 saturated heterocycles. The Labute approximate surface area is 84.9 Å². The van der Waals surface area contributed by atoms with E-state index in [0.29, 0.717) is 0 Å². The van der Waals surface area contributed by atoms with Crippen molar-refractivity contribution in [3.8, 4) is 0 Å². The molecule has 0 aromatic heterocycles. The van der Waals surface area contributed by atoms with Gasteiger partial charge in [-0.25, -0.2) is 0 Å². The van der Waals surface area contributed by atoms with E-state index in [1.807, 2.05) is 0 Å². The fourth-order valence-corrected chi connectivity index (χ4v) is 2.66. The third-order valence-corrected chi connectivity index (χ3v) is 3.40. The third-order valence-electron chi connectivity index (χ3n) is 3.40. The van der Waals surface area contributed by atoms with Gasteiger partial charge in [-0.2, -0.15) is 0 Å². The number of rotatable bonds is 2. The topological polar surface area (TPSA) is 15.3 Å². The minimum Gasteiger partial charge on any atom is -0.311 e. The van der Waals surface area contributed by atoms with E-state index in [1.54, 1.807) is 0 Å². The Morgan fingerprint density at radius 2 is 2.14 bits per heavy atom. The molecule has 2 aliphatic rings. The number of hydrogen-bond donors (Lipinski definition) is 1. The average molecular weight is 188 g/mol. The van der Waals surface area contributed by atoms with Crippen LogP contribution in [0.1, 0.15) is 12.0 Å². The van der Waals surface area contributed by atoms with Gasteiger partial charge < -0.3 is 5.32 Å². The van der Waals surface area contributed by atoms with Crippen molar-refractivity contribution in [1.82, 2.24) is 10.2 Å². The molecule has 2 heteroatoms. The molecule has 14 heavy (non-hydrogen) atoms. The van der Waals surface area contributed by atoms with Crippen LogP contribution in [0.3, 0.4) is 0 Å². The van der Waals surface area contributed by atoms with Crippen LogP contribution in [0, 0.1) is 0 Å². The molecule has 74 valence electrons. The standard InChI is InChI=1S/C12H16N2/c1-2-4-10(5-3-1)8-14-9-11-6-12(14)7-13-11/h1-5,11-13H,6-9H2. The summed E-state index contributed by atoms with van der Waals surface area (Å²) in [6, 6.07) is 12.3. The number of fused-ring (bicyclic) bond motifs is 2. The molecule has 0 aliphatic carbocycles. The van der Waals surface area contributed by atoms with Gasteiger partial charge in [0, 0.05) is 31.7 Å². The summed E-state index contributed by atoms with van der Waals surface area (Å²) in [6.45, 7) is 3.56. The van der Waals surface area contributed by atoms with Gasteiger partial charge >= 0.3 is 0 Å². The SMILES string of the molecule is c1ccc(CN2CC3CC2CN3)cc1. The first kappa shape index (κ1) is 8.45. The first-order valence-electron chi connectivity index (χ1n) is 5.43. The van der Waals surface area contributed by atoms with Gasteiger partial charge in [-0.15, -0.1) is 0 Å². The lowest BCUT2D eigenvalue weighted by Gasteiger charge is -2.27. The van der Waals surface area contributed by atoms with E-state index in [1.165, 1.54) is 25.1 Å². The molecule has 0 amide bonds. The largest absolute Gasteiger partial charge is 0.311 e. The van der Waals surface area contributed by atoms with Gasteiger partial charge in [0.05, 0.1) is 0 Å². The van der Waals surface area contributed by atoms with Crippen molar-refractivity contribution in [2.45, 2.75) is 25.0 Å². The molecular formula is C12H16N2. The molecule has 2 nitrogen and oxygen atoms in total. The molecule has 0 saturated carbocycles. The van der Waals surface area contributed by atoms with Crippen LogP contribution >= 0.6 is 0 Å². The van der Waals surface area contributed by atoms with E-state index in [-0.39, 0.29) is 0 Å². The highest BCUT2D eigenvalue weighted by atomic mass is 15.3. The maximum Gasteiger partial charge on any atom is 0.0240 e. The number of piperazine rings is 1. The second kappa shape index (κ2) is 3.37. The summed E-state index contributed by atoms with van der Waals surface area (Å²) in [5, 5.41) is 3.53. The number of nitrogens with one attached hydrogen (secondary N) is 1. The van der Waals surface area contributed by atoms with Gasteiger partial charge in [-0.1, -0.05) is 30.3 Å². The predicted molar refractivity (Wildman–Crippen MR) is 57.0 cm³/mol. The molecular weight excluding hydrogens is 172 g/mol. The lowest BCUT2D eigenvalue weighted by Crippen LogP contribution is -2.42. The molecule has 2 atom stereocenters. The molecule has 2 bridgehead atoms. The number of likely N-dealkylation sites (tertiary alicyclic amines) is 1. The van der Waals surface area contributed by atoms with Gasteiger partial charge in [0.1, 0.15) is 0 Å². The Bertz CT molecular complexity index is 309. The van der Waals surface area contributed by atoms with Gasteiger partial charge in [-0.3, -0.25) is 4.90 Å². The van der Waals surface area contributed by atoms with Crippen LogP contribution in [0.2, 0.25) is 0 Å². The normalized spacial score (nSPS) is 31.1. The van der Waals surface area contributed by atoms with Crippen LogP contribution in [0.15, 0.2) is 30.3 Å². The average Bonchev–Trinajstić information content (AvgIpc) is 2.81. The Kier molecular flexibility index (Phi) is 2.03. The summed E-state index contributed by atoms with van der Waals surface area (Å²) < 4.78 is 0. The molecule has 2 unspecified atom stereocenters.